The average Bonchev–Trinajstić information content (AvgIpc) is 3.43. The van der Waals surface area contributed by atoms with Gasteiger partial charge in [-0.2, -0.15) is 0 Å². The zero-order chi connectivity index (χ0) is 26.2. The summed E-state index contributed by atoms with van der Waals surface area (Å²) in [5, 5.41) is 0.815. The third kappa shape index (κ3) is 6.51. The minimum Gasteiger partial charge on any atom is -0.462 e. The normalized spacial score (nSPS) is 13.1. The predicted molar refractivity (Wildman–Crippen MR) is 146 cm³/mol. The number of fused-ring (bicyclic) bond motifs is 1. The van der Waals surface area contributed by atoms with Crippen LogP contribution < -0.4 is 16.6 Å². The Morgan fingerprint density at radius 2 is 1.73 bits per heavy atom. The van der Waals surface area contributed by atoms with Gasteiger partial charge in [-0.05, 0) is 39.2 Å². The van der Waals surface area contributed by atoms with Crippen molar-refractivity contribution in [2.24, 2.45) is 0 Å². The van der Waals surface area contributed by atoms with Crippen molar-refractivity contribution in [1.29, 1.82) is 0 Å². The summed E-state index contributed by atoms with van der Waals surface area (Å²) in [4.78, 5) is 45.1. The van der Waals surface area contributed by atoms with Gasteiger partial charge in [-0.1, -0.05) is 18.2 Å². The largest absolute Gasteiger partial charge is 0.462 e. The Labute approximate surface area is 221 Å². The number of likely N-dealkylation sites (N-methyl/N-ethyl adjacent to an activating group) is 1. The van der Waals surface area contributed by atoms with Crippen LogP contribution in [0, 0.1) is 0 Å². The lowest BCUT2D eigenvalue weighted by Crippen LogP contribution is -2.49. The maximum absolute atomic E-state index is 13.6. The van der Waals surface area contributed by atoms with Crippen molar-refractivity contribution in [2.45, 2.75) is 13.5 Å². The molecular weight excluding hydrogens is 498 g/mol. The number of rotatable bonds is 7. The van der Waals surface area contributed by atoms with Crippen molar-refractivity contribution in [3.8, 4) is 0 Å². The van der Waals surface area contributed by atoms with Crippen LogP contribution in [0.1, 0.15) is 27.8 Å². The summed E-state index contributed by atoms with van der Waals surface area (Å²) >= 11 is 4.64. The van der Waals surface area contributed by atoms with Crippen molar-refractivity contribution in [2.75, 3.05) is 64.7 Å². The fourth-order valence-electron chi connectivity index (χ4n) is 4.32. The molecule has 3 aromatic rings. The van der Waals surface area contributed by atoms with Gasteiger partial charge in [0, 0.05) is 51.0 Å². The molecule has 2 aromatic heterocycles. The van der Waals surface area contributed by atoms with E-state index < -0.39 is 5.97 Å². The van der Waals surface area contributed by atoms with Gasteiger partial charge in [0.25, 0.3) is 11.5 Å². The molecule has 1 aliphatic heterocycles. The molecular formula is C26H36ClN5O5. The van der Waals surface area contributed by atoms with Crippen LogP contribution in [0.25, 0.3) is 10.9 Å². The monoisotopic (exact) mass is 533 g/mol. The fraction of sp³-hybridized carbons (Fsp3) is 0.423. The molecule has 0 radical (unpaired) electrons. The number of aromatic nitrogens is 1. The molecule has 1 fully saturated rings. The third-order valence-electron chi connectivity index (χ3n) is 6.01. The molecule has 0 bridgehead atoms. The van der Waals surface area contributed by atoms with E-state index in [1.54, 1.807) is 28.5 Å². The van der Waals surface area contributed by atoms with Crippen LogP contribution in [0.4, 0.5) is 5.69 Å². The smallest absolute Gasteiger partial charge is 0.345 e. The van der Waals surface area contributed by atoms with Crippen LogP contribution in [-0.2, 0) is 11.3 Å². The van der Waals surface area contributed by atoms with E-state index in [2.05, 4.69) is 11.6 Å². The van der Waals surface area contributed by atoms with Gasteiger partial charge in [-0.25, -0.2) is 4.79 Å². The molecule has 3 heterocycles. The summed E-state index contributed by atoms with van der Waals surface area (Å²) in [7, 11) is 3.88. The van der Waals surface area contributed by atoms with E-state index in [-0.39, 0.29) is 29.8 Å². The highest BCUT2D eigenvalue weighted by Crippen LogP contribution is 2.30. The van der Waals surface area contributed by atoms with Gasteiger partial charge in [0.1, 0.15) is 5.56 Å². The summed E-state index contributed by atoms with van der Waals surface area (Å²) in [5.74, 6) is -0.491. The lowest BCUT2D eigenvalue weighted by Gasteiger charge is -2.37. The Kier molecular flexibility index (Phi) is 11.2. The van der Waals surface area contributed by atoms with Gasteiger partial charge in [-0.15, -0.1) is 11.6 Å². The van der Waals surface area contributed by atoms with E-state index in [1.807, 2.05) is 48.2 Å². The third-order valence-corrected chi connectivity index (χ3v) is 6.01. The van der Waals surface area contributed by atoms with Crippen molar-refractivity contribution >= 4 is 40.1 Å². The van der Waals surface area contributed by atoms with E-state index in [4.69, 9.17) is 9.15 Å². The van der Waals surface area contributed by atoms with Gasteiger partial charge in [0.05, 0.1) is 24.1 Å². The molecule has 0 unspecified atom stereocenters. The minimum absolute atomic E-state index is 0. The molecule has 0 spiro atoms. The highest BCUT2D eigenvalue weighted by molar-refractivity contribution is 6.15. The number of nitrogens with zero attached hydrogens (tertiary/aromatic N) is 4. The fourth-order valence-corrected chi connectivity index (χ4v) is 4.32. The van der Waals surface area contributed by atoms with Crippen molar-refractivity contribution < 1.29 is 18.7 Å². The van der Waals surface area contributed by atoms with Crippen LogP contribution in [-0.4, -0.2) is 86.1 Å². The van der Waals surface area contributed by atoms with Crippen LogP contribution in [0.3, 0.4) is 0 Å². The first-order chi connectivity index (χ1) is 17.4. The van der Waals surface area contributed by atoms with Crippen LogP contribution >= 0.6 is 11.6 Å². The van der Waals surface area contributed by atoms with Crippen molar-refractivity contribution in [1.82, 2.24) is 20.5 Å². The van der Waals surface area contributed by atoms with E-state index in [0.29, 0.717) is 50.7 Å². The average molecular weight is 534 g/mol. The highest BCUT2D eigenvalue weighted by atomic mass is 35.5. The predicted octanol–water partition coefficient (Wildman–Crippen LogP) is 3.31. The first-order valence-electron chi connectivity index (χ1n) is 11.8. The second kappa shape index (κ2) is 13.8. The first-order valence-corrected chi connectivity index (χ1v) is 12.6. The van der Waals surface area contributed by atoms with Crippen molar-refractivity contribution in [3.05, 3.63) is 64.3 Å². The number of alkyl halides is 1. The second-order valence-electron chi connectivity index (χ2n) is 8.48. The quantitative estimate of drug-likeness (QED) is 0.362. The van der Waals surface area contributed by atoms with Gasteiger partial charge in [0.2, 0.25) is 0 Å². The lowest BCUT2D eigenvalue weighted by atomic mass is 10.1. The molecule has 1 aromatic carbocycles. The number of furan rings is 1. The van der Waals surface area contributed by atoms with Gasteiger partial charge in [-0.3, -0.25) is 9.59 Å². The summed E-state index contributed by atoms with van der Waals surface area (Å²) in [5.41, 5.74) is 1.03. The zero-order valence-corrected chi connectivity index (χ0v) is 22.7. The number of halogens is 1. The topological polar surface area (TPSA) is 123 Å². The molecule has 202 valence electrons. The van der Waals surface area contributed by atoms with Crippen LogP contribution in [0.2, 0.25) is 0 Å². The Hall–Kier alpha value is -3.34. The number of carbonyl (C=O) groups is 2. The van der Waals surface area contributed by atoms with Gasteiger partial charge < -0.3 is 34.6 Å². The Bertz CT molecular complexity index is 1230. The molecule has 11 heteroatoms. The number of piperazine rings is 1. The highest BCUT2D eigenvalue weighted by Gasteiger charge is 2.30. The number of benzene rings is 1. The molecule has 0 aliphatic carbocycles. The van der Waals surface area contributed by atoms with Crippen LogP contribution in [0.15, 0.2) is 51.9 Å². The molecule has 0 atom stereocenters. The SMILES string of the molecule is CCOC(=O)c1c(N2CCN(C(=O)c3ccco3)CC2)c2ccccc2n(CCN(C)C)c1=O.CCl.N. The zero-order valence-electron chi connectivity index (χ0n) is 21.9. The van der Waals surface area contributed by atoms with E-state index >= 15 is 0 Å². The number of hydrogen-bond donors (Lipinski definition) is 1. The molecule has 1 amide bonds. The summed E-state index contributed by atoms with van der Waals surface area (Å²) in [6, 6.07) is 11.0. The Balaban J connectivity index is 0.00000157. The molecule has 37 heavy (non-hydrogen) atoms. The van der Waals surface area contributed by atoms with E-state index in [9.17, 15) is 14.4 Å². The molecule has 4 rings (SSSR count). The molecule has 3 N–H and O–H groups in total. The lowest BCUT2D eigenvalue weighted by molar-refractivity contribution is 0.0523. The molecule has 1 saturated heterocycles. The summed E-state index contributed by atoms with van der Waals surface area (Å²) < 4.78 is 12.2. The number of amides is 1. The number of pyridine rings is 1. The van der Waals surface area contributed by atoms with Gasteiger partial charge in [0.15, 0.2) is 5.76 Å². The second-order valence-corrected chi connectivity index (χ2v) is 8.48. The molecule has 0 saturated carbocycles. The van der Waals surface area contributed by atoms with E-state index in [1.165, 1.54) is 12.6 Å². The molecule has 1 aliphatic rings. The molecule has 10 nitrogen and oxygen atoms in total. The van der Waals surface area contributed by atoms with Crippen molar-refractivity contribution in [3.63, 3.8) is 0 Å². The number of para-hydroxylation sites is 1. The maximum atomic E-state index is 13.6. The van der Waals surface area contributed by atoms with Crippen LogP contribution in [0.5, 0.6) is 0 Å². The number of esters is 1. The maximum Gasteiger partial charge on any atom is 0.345 e. The number of hydrogen-bond acceptors (Lipinski definition) is 8. The standard InChI is InChI=1S/C25H30N4O5.CH3Cl.H3N/c1-4-33-25(32)21-22(27-12-14-28(15-13-27)23(30)20-10-7-17-34-20)18-8-5-6-9-19(18)29(24(21)31)16-11-26(2)3;1-2;/h5-10,17H,4,11-16H2,1-3H3;1H3;1H3. The van der Waals surface area contributed by atoms with Gasteiger partial charge >= 0.3 is 5.97 Å². The number of carbonyl (C=O) groups excluding carboxylic acids is 2. The van der Waals surface area contributed by atoms with E-state index in [0.717, 1.165) is 10.9 Å². The minimum atomic E-state index is -0.624. The Morgan fingerprint density at radius 3 is 2.32 bits per heavy atom. The summed E-state index contributed by atoms with van der Waals surface area (Å²) in [6.45, 7) is 4.84. The first kappa shape index (κ1) is 29.9. The summed E-state index contributed by atoms with van der Waals surface area (Å²) in [6.07, 6.45) is 2.95. The number of anilines is 1. The number of ether oxygens (including phenoxy) is 1. The Morgan fingerprint density at radius 1 is 1.05 bits per heavy atom.